The second kappa shape index (κ2) is 8.43. The molecule has 2 atom stereocenters. The zero-order chi connectivity index (χ0) is 20.1. The van der Waals surface area contributed by atoms with Gasteiger partial charge in [-0.2, -0.15) is 0 Å². The van der Waals surface area contributed by atoms with Gasteiger partial charge >= 0.3 is 5.97 Å². The number of aliphatic hydroxyl groups is 1. The van der Waals surface area contributed by atoms with Gasteiger partial charge < -0.3 is 27.0 Å². The van der Waals surface area contributed by atoms with Crippen molar-refractivity contribution in [2.75, 3.05) is 12.3 Å². The van der Waals surface area contributed by atoms with Gasteiger partial charge in [0, 0.05) is 12.1 Å². The summed E-state index contributed by atoms with van der Waals surface area (Å²) in [6.45, 7) is -1.33. The molecule has 8 heteroatoms. The van der Waals surface area contributed by atoms with E-state index in [-0.39, 0.29) is 13.0 Å². The number of rotatable bonds is 8. The van der Waals surface area contributed by atoms with Gasteiger partial charge in [0.05, 0.1) is 6.54 Å². The molecule has 0 radical (unpaired) electrons. The molecule has 0 saturated carbocycles. The molecule has 27 heavy (non-hydrogen) atoms. The molecule has 0 heterocycles. The van der Waals surface area contributed by atoms with E-state index in [2.05, 4.69) is 0 Å². The van der Waals surface area contributed by atoms with Crippen LogP contribution in [0.3, 0.4) is 0 Å². The maximum atomic E-state index is 14.0. The lowest BCUT2D eigenvalue weighted by Crippen LogP contribution is -2.66. The lowest BCUT2D eigenvalue weighted by atomic mass is 9.83. The second-order valence-electron chi connectivity index (χ2n) is 6.39. The minimum atomic E-state index is -3.77. The molecule has 2 aromatic rings. The van der Waals surface area contributed by atoms with Crippen molar-refractivity contribution in [3.05, 3.63) is 65.7 Å². The highest BCUT2D eigenvalue weighted by atomic mass is 19.3. The molecular formula is C19H23F2N3O3. The third kappa shape index (κ3) is 5.00. The molecule has 2 unspecified atom stereocenters. The largest absolute Gasteiger partial charge is 0.459 e. The molecule has 2 rings (SSSR count). The summed E-state index contributed by atoms with van der Waals surface area (Å²) < 4.78 is 33.2. The number of ether oxygens (including phenoxy) is 1. The average molecular weight is 379 g/mol. The normalized spacial score (nSPS) is 15.0. The molecule has 0 aliphatic rings. The molecule has 0 spiro atoms. The van der Waals surface area contributed by atoms with Crippen LogP contribution < -0.4 is 17.2 Å². The lowest BCUT2D eigenvalue weighted by molar-refractivity contribution is -0.174. The maximum Gasteiger partial charge on any atom is 0.329 e. The predicted octanol–water partition coefficient (Wildman–Crippen LogP) is 1.21. The number of halogens is 2. The Balaban J connectivity index is 2.27. The highest BCUT2D eigenvalue weighted by Gasteiger charge is 2.54. The van der Waals surface area contributed by atoms with E-state index in [4.69, 9.17) is 21.9 Å². The second-order valence-corrected chi connectivity index (χ2v) is 6.39. The van der Waals surface area contributed by atoms with Crippen LogP contribution in [0.15, 0.2) is 54.6 Å². The minimum absolute atomic E-state index is 0.165. The van der Waals surface area contributed by atoms with Crippen molar-refractivity contribution in [1.82, 2.24) is 0 Å². The number of carbonyl (C=O) groups is 1. The number of nitrogen functional groups attached to an aromatic ring is 1. The molecule has 7 N–H and O–H groups in total. The fourth-order valence-corrected chi connectivity index (χ4v) is 2.60. The van der Waals surface area contributed by atoms with E-state index in [9.17, 15) is 18.7 Å². The number of carbonyl (C=O) groups excluding carboxylic acids is 1. The van der Waals surface area contributed by atoms with Crippen LogP contribution in [-0.2, 0) is 22.6 Å². The first-order chi connectivity index (χ1) is 12.7. The molecule has 0 saturated heterocycles. The Hall–Kier alpha value is -2.55. The van der Waals surface area contributed by atoms with Crippen molar-refractivity contribution < 1.29 is 23.4 Å². The fraction of sp³-hybridized carbons (Fsp3) is 0.316. The van der Waals surface area contributed by atoms with Crippen LogP contribution in [0.2, 0.25) is 0 Å². The number of aliphatic hydroxyl groups excluding tert-OH is 1. The smallest absolute Gasteiger partial charge is 0.329 e. The highest BCUT2D eigenvalue weighted by Crippen LogP contribution is 2.29. The van der Waals surface area contributed by atoms with E-state index in [1.54, 1.807) is 42.5 Å². The van der Waals surface area contributed by atoms with Gasteiger partial charge in [0.15, 0.2) is 5.54 Å². The Morgan fingerprint density at radius 1 is 1.07 bits per heavy atom. The summed E-state index contributed by atoms with van der Waals surface area (Å²) in [5.41, 5.74) is 15.8. The van der Waals surface area contributed by atoms with Gasteiger partial charge in [-0.1, -0.05) is 42.5 Å². The number of esters is 1. The van der Waals surface area contributed by atoms with E-state index in [1.165, 1.54) is 12.1 Å². The Kier molecular flexibility index (Phi) is 6.48. The predicted molar refractivity (Wildman–Crippen MR) is 97.7 cm³/mol. The summed E-state index contributed by atoms with van der Waals surface area (Å²) >= 11 is 0. The number of anilines is 1. The van der Waals surface area contributed by atoms with Crippen molar-refractivity contribution in [3.63, 3.8) is 0 Å². The first-order valence-electron chi connectivity index (χ1n) is 8.29. The first kappa shape index (κ1) is 20.8. The van der Waals surface area contributed by atoms with E-state index in [1.807, 2.05) is 0 Å². The molecule has 0 amide bonds. The van der Waals surface area contributed by atoms with Crippen molar-refractivity contribution in [3.8, 4) is 0 Å². The molecule has 0 aliphatic heterocycles. The summed E-state index contributed by atoms with van der Waals surface area (Å²) in [7, 11) is 0. The summed E-state index contributed by atoms with van der Waals surface area (Å²) in [4.78, 5) is 12.6. The molecule has 2 aromatic carbocycles. The Morgan fingerprint density at radius 3 is 2.22 bits per heavy atom. The van der Waals surface area contributed by atoms with Crippen molar-refractivity contribution in [1.29, 1.82) is 0 Å². The van der Waals surface area contributed by atoms with Crippen molar-refractivity contribution >= 4 is 11.7 Å². The third-order valence-corrected chi connectivity index (χ3v) is 4.23. The van der Waals surface area contributed by atoms with Gasteiger partial charge in [-0.05, 0) is 23.3 Å². The summed E-state index contributed by atoms with van der Waals surface area (Å²) in [5, 5.41) is 10.2. The van der Waals surface area contributed by atoms with Crippen LogP contribution in [0.4, 0.5) is 14.5 Å². The van der Waals surface area contributed by atoms with Gasteiger partial charge in [0.1, 0.15) is 12.7 Å². The zero-order valence-electron chi connectivity index (χ0n) is 14.6. The standard InChI is InChI=1S/C19H23F2N3O3/c20-19(21,12-22)16(25)18(24,10-13-6-8-15(23)9-7-13)17(26)27-11-14-4-2-1-3-5-14/h1-9,16,25H,10-12,22-24H2. The van der Waals surface area contributed by atoms with Gasteiger partial charge in [0.2, 0.25) is 0 Å². The van der Waals surface area contributed by atoms with E-state index in [0.29, 0.717) is 16.8 Å². The summed E-state index contributed by atoms with van der Waals surface area (Å²) in [6.07, 6.45) is -2.91. The SMILES string of the molecule is NCC(F)(F)C(O)C(N)(Cc1ccc(N)cc1)C(=O)OCc1ccccc1. The molecule has 0 aromatic heterocycles. The Morgan fingerprint density at radius 2 is 1.67 bits per heavy atom. The first-order valence-corrected chi connectivity index (χ1v) is 8.29. The number of nitrogens with two attached hydrogens (primary N) is 3. The minimum Gasteiger partial charge on any atom is -0.459 e. The molecule has 146 valence electrons. The van der Waals surface area contributed by atoms with E-state index in [0.717, 1.165) is 0 Å². The van der Waals surface area contributed by atoms with Crippen LogP contribution in [0.1, 0.15) is 11.1 Å². The molecule has 0 fully saturated rings. The van der Waals surface area contributed by atoms with Crippen LogP contribution >= 0.6 is 0 Å². The molecule has 0 bridgehead atoms. The Labute approximate surface area is 155 Å². The third-order valence-electron chi connectivity index (χ3n) is 4.23. The van der Waals surface area contributed by atoms with E-state index >= 15 is 0 Å². The molecular weight excluding hydrogens is 356 g/mol. The topological polar surface area (TPSA) is 125 Å². The lowest BCUT2D eigenvalue weighted by Gasteiger charge is -2.36. The zero-order valence-corrected chi connectivity index (χ0v) is 14.6. The number of hydrogen-bond acceptors (Lipinski definition) is 6. The number of hydrogen-bond donors (Lipinski definition) is 4. The quantitative estimate of drug-likeness (QED) is 0.404. The van der Waals surface area contributed by atoms with Crippen molar-refractivity contribution in [2.24, 2.45) is 11.5 Å². The molecule has 0 aliphatic carbocycles. The summed E-state index contributed by atoms with van der Waals surface area (Å²) in [5.74, 6) is -4.92. The van der Waals surface area contributed by atoms with Crippen LogP contribution in [0.25, 0.3) is 0 Å². The maximum absolute atomic E-state index is 14.0. The van der Waals surface area contributed by atoms with Gasteiger partial charge in [-0.15, -0.1) is 0 Å². The van der Waals surface area contributed by atoms with Crippen LogP contribution in [-0.4, -0.2) is 35.2 Å². The van der Waals surface area contributed by atoms with Gasteiger partial charge in [-0.25, -0.2) is 13.6 Å². The Bertz CT molecular complexity index is 757. The van der Waals surface area contributed by atoms with Crippen molar-refractivity contribution in [2.45, 2.75) is 30.6 Å². The monoisotopic (exact) mass is 379 g/mol. The molecule has 6 nitrogen and oxygen atoms in total. The number of benzene rings is 2. The number of alkyl halides is 2. The van der Waals surface area contributed by atoms with Crippen LogP contribution in [0, 0.1) is 0 Å². The van der Waals surface area contributed by atoms with Gasteiger partial charge in [-0.3, -0.25) is 0 Å². The average Bonchev–Trinajstić information content (AvgIpc) is 2.67. The summed E-state index contributed by atoms with van der Waals surface area (Å²) in [6, 6.07) is 14.8. The van der Waals surface area contributed by atoms with Crippen LogP contribution in [0.5, 0.6) is 0 Å². The van der Waals surface area contributed by atoms with E-state index < -0.39 is 30.1 Å². The highest BCUT2D eigenvalue weighted by molar-refractivity contribution is 5.82. The fourth-order valence-electron chi connectivity index (χ4n) is 2.60. The van der Waals surface area contributed by atoms with Gasteiger partial charge in [0.25, 0.3) is 5.92 Å².